The first-order valence-electron chi connectivity index (χ1n) is 7.89. The van der Waals surface area contributed by atoms with E-state index in [0.29, 0.717) is 18.5 Å². The molecule has 1 saturated heterocycles. The first-order valence-corrected chi connectivity index (χ1v) is 8.27. The van der Waals surface area contributed by atoms with Gasteiger partial charge in [-0.05, 0) is 39.7 Å². The van der Waals surface area contributed by atoms with Crippen molar-refractivity contribution in [2.75, 3.05) is 6.54 Å². The van der Waals surface area contributed by atoms with Gasteiger partial charge in [0.25, 0.3) is 0 Å². The van der Waals surface area contributed by atoms with Gasteiger partial charge in [0.2, 0.25) is 0 Å². The van der Waals surface area contributed by atoms with Crippen molar-refractivity contribution in [3.05, 3.63) is 34.6 Å². The molecule has 1 aromatic rings. The number of urea groups is 1. The second kappa shape index (κ2) is 7.38. The zero-order valence-electron chi connectivity index (χ0n) is 14.1. The second-order valence-corrected chi connectivity index (χ2v) is 7.16. The Kier molecular flexibility index (Phi) is 5.70. The van der Waals surface area contributed by atoms with E-state index in [9.17, 15) is 14.0 Å². The molecule has 1 fully saturated rings. The van der Waals surface area contributed by atoms with Crippen LogP contribution in [0.1, 0.15) is 39.2 Å². The van der Waals surface area contributed by atoms with Crippen molar-refractivity contribution < 1.29 is 18.7 Å². The number of amides is 2. The molecule has 0 saturated carbocycles. The number of carbonyl (C=O) groups excluding carboxylic acids is 2. The summed E-state index contributed by atoms with van der Waals surface area (Å²) in [7, 11) is 0. The minimum atomic E-state index is -0.605. The molecular formula is C17H22ClFN2O3. The van der Waals surface area contributed by atoms with E-state index in [4.69, 9.17) is 16.3 Å². The van der Waals surface area contributed by atoms with E-state index < -0.39 is 29.5 Å². The fourth-order valence-electron chi connectivity index (χ4n) is 2.58. The lowest BCUT2D eigenvalue weighted by molar-refractivity contribution is -0.159. The quantitative estimate of drug-likeness (QED) is 0.843. The van der Waals surface area contributed by atoms with Crippen LogP contribution in [0, 0.1) is 5.82 Å². The number of halogens is 2. The molecule has 132 valence electrons. The summed E-state index contributed by atoms with van der Waals surface area (Å²) in [6.45, 7) is 5.82. The van der Waals surface area contributed by atoms with Gasteiger partial charge < -0.3 is 15.0 Å². The fourth-order valence-corrected chi connectivity index (χ4v) is 2.78. The van der Waals surface area contributed by atoms with E-state index in [-0.39, 0.29) is 11.6 Å². The standard InChI is InChI=1S/C17H22ClFN2O3/c1-17(2,3)24-15(22)13-8-5-9-21(13)16(23)20-10-11-6-4-7-12(18)14(11)19/h4,6-7,13H,5,8-10H2,1-3H3,(H,20,23). The molecule has 1 aliphatic rings. The third-order valence-corrected chi connectivity index (χ3v) is 3.95. The number of likely N-dealkylation sites (tertiary alicyclic amines) is 1. The van der Waals surface area contributed by atoms with Crippen LogP contribution in [0.15, 0.2) is 18.2 Å². The van der Waals surface area contributed by atoms with Gasteiger partial charge in [-0.1, -0.05) is 23.7 Å². The third-order valence-electron chi connectivity index (χ3n) is 3.65. The van der Waals surface area contributed by atoms with Gasteiger partial charge in [0.05, 0.1) is 5.02 Å². The Morgan fingerprint density at radius 1 is 1.42 bits per heavy atom. The molecular weight excluding hydrogens is 335 g/mol. The Morgan fingerprint density at radius 3 is 2.79 bits per heavy atom. The van der Waals surface area contributed by atoms with Crippen LogP contribution in [0.2, 0.25) is 5.02 Å². The largest absolute Gasteiger partial charge is 0.458 e. The molecule has 0 bridgehead atoms. The number of hydrogen-bond donors (Lipinski definition) is 1. The number of rotatable bonds is 3. The van der Waals surface area contributed by atoms with Crippen molar-refractivity contribution >= 4 is 23.6 Å². The van der Waals surface area contributed by atoms with Crippen LogP contribution in [0.4, 0.5) is 9.18 Å². The van der Waals surface area contributed by atoms with Crippen molar-refractivity contribution in [2.24, 2.45) is 0 Å². The lowest BCUT2D eigenvalue weighted by Crippen LogP contribution is -2.47. The molecule has 0 radical (unpaired) electrons. The van der Waals surface area contributed by atoms with Crippen LogP contribution >= 0.6 is 11.6 Å². The van der Waals surface area contributed by atoms with Crippen molar-refractivity contribution in [3.63, 3.8) is 0 Å². The van der Waals surface area contributed by atoms with Gasteiger partial charge in [0.15, 0.2) is 0 Å². The molecule has 2 rings (SSSR count). The number of hydrogen-bond acceptors (Lipinski definition) is 3. The highest BCUT2D eigenvalue weighted by atomic mass is 35.5. The monoisotopic (exact) mass is 356 g/mol. The summed E-state index contributed by atoms with van der Waals surface area (Å²) in [6, 6.07) is 3.60. The Morgan fingerprint density at radius 2 is 2.12 bits per heavy atom. The summed E-state index contributed by atoms with van der Waals surface area (Å²) < 4.78 is 19.2. The lowest BCUT2D eigenvalue weighted by atomic mass is 10.1. The molecule has 1 heterocycles. The zero-order valence-corrected chi connectivity index (χ0v) is 14.8. The van der Waals surface area contributed by atoms with Crippen LogP contribution in [-0.4, -0.2) is 35.1 Å². The van der Waals surface area contributed by atoms with E-state index in [1.807, 2.05) is 0 Å². The Balaban J connectivity index is 1.98. The van der Waals surface area contributed by atoms with Crippen LogP contribution < -0.4 is 5.32 Å². The molecule has 7 heteroatoms. The summed E-state index contributed by atoms with van der Waals surface area (Å²) in [5, 5.41) is 2.65. The molecule has 2 amide bonds. The third kappa shape index (κ3) is 4.60. The summed E-state index contributed by atoms with van der Waals surface area (Å²) >= 11 is 5.72. The van der Waals surface area contributed by atoms with E-state index in [1.165, 1.54) is 11.0 Å². The van der Waals surface area contributed by atoms with E-state index in [2.05, 4.69) is 5.32 Å². The number of esters is 1. The topological polar surface area (TPSA) is 58.6 Å². The Hall–Kier alpha value is -1.82. The maximum Gasteiger partial charge on any atom is 0.329 e. The molecule has 1 unspecified atom stereocenters. The van der Waals surface area contributed by atoms with E-state index in [1.54, 1.807) is 32.9 Å². The average Bonchev–Trinajstić information content (AvgIpc) is 2.96. The highest BCUT2D eigenvalue weighted by Gasteiger charge is 2.36. The molecule has 0 aliphatic carbocycles. The molecule has 1 atom stereocenters. The van der Waals surface area contributed by atoms with Gasteiger partial charge in [-0.25, -0.2) is 14.0 Å². The summed E-state index contributed by atoms with van der Waals surface area (Å²) in [5.74, 6) is -0.964. The molecule has 5 nitrogen and oxygen atoms in total. The number of carbonyl (C=O) groups is 2. The first kappa shape index (κ1) is 18.5. The van der Waals surface area contributed by atoms with Crippen LogP contribution in [-0.2, 0) is 16.1 Å². The van der Waals surface area contributed by atoms with Crippen molar-refractivity contribution in [3.8, 4) is 0 Å². The van der Waals surface area contributed by atoms with Gasteiger partial charge in [-0.3, -0.25) is 0 Å². The van der Waals surface area contributed by atoms with Crippen molar-refractivity contribution in [2.45, 2.75) is 51.8 Å². The minimum absolute atomic E-state index is 0.00274. The summed E-state index contributed by atoms with van der Waals surface area (Å²) in [6.07, 6.45) is 1.29. The molecule has 1 N–H and O–H groups in total. The van der Waals surface area contributed by atoms with Gasteiger partial charge in [0, 0.05) is 18.7 Å². The molecule has 0 aromatic heterocycles. The minimum Gasteiger partial charge on any atom is -0.458 e. The predicted octanol–water partition coefficient (Wildman–Crippen LogP) is 3.49. The highest BCUT2D eigenvalue weighted by Crippen LogP contribution is 2.22. The molecule has 0 spiro atoms. The Bertz CT molecular complexity index is 631. The zero-order chi connectivity index (χ0) is 17.9. The second-order valence-electron chi connectivity index (χ2n) is 6.76. The molecule has 1 aromatic carbocycles. The molecule has 1 aliphatic heterocycles. The predicted molar refractivity (Wildman–Crippen MR) is 89.2 cm³/mol. The van der Waals surface area contributed by atoms with Crippen LogP contribution in [0.3, 0.4) is 0 Å². The number of benzene rings is 1. The van der Waals surface area contributed by atoms with Crippen molar-refractivity contribution in [1.82, 2.24) is 10.2 Å². The number of ether oxygens (including phenoxy) is 1. The fraction of sp³-hybridized carbons (Fsp3) is 0.529. The molecule has 24 heavy (non-hydrogen) atoms. The summed E-state index contributed by atoms with van der Waals surface area (Å²) in [4.78, 5) is 26.0. The van der Waals surface area contributed by atoms with E-state index >= 15 is 0 Å². The Labute approximate surface area is 146 Å². The average molecular weight is 357 g/mol. The van der Waals surface area contributed by atoms with Crippen LogP contribution in [0.5, 0.6) is 0 Å². The van der Waals surface area contributed by atoms with Gasteiger partial charge in [-0.2, -0.15) is 0 Å². The van der Waals surface area contributed by atoms with Gasteiger partial charge in [-0.15, -0.1) is 0 Å². The SMILES string of the molecule is CC(C)(C)OC(=O)C1CCCN1C(=O)NCc1cccc(Cl)c1F. The maximum absolute atomic E-state index is 13.8. The lowest BCUT2D eigenvalue weighted by Gasteiger charge is -2.27. The van der Waals surface area contributed by atoms with Crippen LogP contribution in [0.25, 0.3) is 0 Å². The first-order chi connectivity index (χ1) is 11.2. The normalized spacial score (nSPS) is 17.7. The van der Waals surface area contributed by atoms with Gasteiger partial charge >= 0.3 is 12.0 Å². The number of nitrogens with zero attached hydrogens (tertiary/aromatic N) is 1. The summed E-state index contributed by atoms with van der Waals surface area (Å²) in [5.41, 5.74) is -0.310. The van der Waals surface area contributed by atoms with Gasteiger partial charge in [0.1, 0.15) is 17.5 Å². The number of nitrogens with one attached hydrogen (secondary N) is 1. The highest BCUT2D eigenvalue weighted by molar-refractivity contribution is 6.30. The van der Waals surface area contributed by atoms with E-state index in [0.717, 1.165) is 6.42 Å². The maximum atomic E-state index is 13.8. The van der Waals surface area contributed by atoms with Crippen molar-refractivity contribution in [1.29, 1.82) is 0 Å². The smallest absolute Gasteiger partial charge is 0.329 e.